The summed E-state index contributed by atoms with van der Waals surface area (Å²) in [7, 11) is 0. The second kappa shape index (κ2) is 5.39. The first kappa shape index (κ1) is 15.5. The number of carbonyl (C=O) groups excluding carboxylic acids is 1. The van der Waals surface area contributed by atoms with Crippen molar-refractivity contribution in [3.8, 4) is 0 Å². The molecule has 2 saturated heterocycles. The SMILES string of the molecule is O=C(OC[C@]12CC3O[C@@H](C31)[C@H](n1ccc(=O)[nH]c1=O)O2)c1ccccc1. The van der Waals surface area contributed by atoms with Crippen molar-refractivity contribution in [3.63, 3.8) is 0 Å². The highest BCUT2D eigenvalue weighted by Crippen LogP contribution is 2.63. The first-order valence-electron chi connectivity index (χ1n) is 8.44. The van der Waals surface area contributed by atoms with Gasteiger partial charge in [0.1, 0.15) is 18.3 Å². The molecule has 8 heteroatoms. The average molecular weight is 356 g/mol. The fraction of sp³-hybridized carbons (Fsp3) is 0.389. The number of esters is 1. The number of hydrogen-bond donors (Lipinski definition) is 1. The number of carbonyl (C=O) groups is 1. The largest absolute Gasteiger partial charge is 0.459 e. The number of hydrogen-bond acceptors (Lipinski definition) is 6. The maximum atomic E-state index is 12.2. The summed E-state index contributed by atoms with van der Waals surface area (Å²) in [6.07, 6.45) is 1.16. The molecule has 26 heavy (non-hydrogen) atoms. The second-order valence-electron chi connectivity index (χ2n) is 6.90. The number of nitrogens with zero attached hydrogens (tertiary/aromatic N) is 1. The summed E-state index contributed by atoms with van der Waals surface area (Å²) in [5.41, 5.74) is -1.18. The Hall–Kier alpha value is -2.71. The number of nitrogens with one attached hydrogen (secondary N) is 1. The van der Waals surface area contributed by atoms with Gasteiger partial charge in [0.15, 0.2) is 6.23 Å². The standard InChI is InChI=1S/C18H16N2O6/c21-12-6-7-20(17(23)19-12)15-14-13-11(25-14)8-18(13,26-15)9-24-16(22)10-4-2-1-3-5-10/h1-7,11,13-15H,8-9H2,(H,19,21,23)/t11?,13?,14-,15+,18+/m0/s1. The molecule has 1 N–H and O–H groups in total. The summed E-state index contributed by atoms with van der Waals surface area (Å²) < 4.78 is 18.7. The Kier molecular flexibility index (Phi) is 3.22. The maximum absolute atomic E-state index is 12.2. The van der Waals surface area contributed by atoms with E-state index in [0.717, 1.165) is 0 Å². The van der Waals surface area contributed by atoms with E-state index in [9.17, 15) is 14.4 Å². The lowest BCUT2D eigenvalue weighted by atomic mass is 9.62. The van der Waals surface area contributed by atoms with Crippen molar-refractivity contribution in [2.24, 2.45) is 5.92 Å². The van der Waals surface area contributed by atoms with Crippen LogP contribution in [0.2, 0.25) is 0 Å². The Morgan fingerprint density at radius 2 is 2.08 bits per heavy atom. The van der Waals surface area contributed by atoms with E-state index in [2.05, 4.69) is 4.98 Å². The molecule has 1 aliphatic carbocycles. The van der Waals surface area contributed by atoms with E-state index >= 15 is 0 Å². The monoisotopic (exact) mass is 356 g/mol. The van der Waals surface area contributed by atoms with Crippen LogP contribution in [0.15, 0.2) is 52.2 Å². The molecular formula is C18H16N2O6. The van der Waals surface area contributed by atoms with Crippen LogP contribution in [0.1, 0.15) is 23.0 Å². The van der Waals surface area contributed by atoms with E-state index in [1.807, 2.05) is 6.07 Å². The molecule has 2 unspecified atom stereocenters. The normalized spacial score (nSPS) is 33.7. The number of ether oxygens (including phenoxy) is 3. The number of rotatable bonds is 4. The molecule has 3 aliphatic rings. The smallest absolute Gasteiger partial charge is 0.338 e. The van der Waals surface area contributed by atoms with Gasteiger partial charge in [0, 0.05) is 24.6 Å². The fourth-order valence-corrected chi connectivity index (χ4v) is 4.18. The summed E-state index contributed by atoms with van der Waals surface area (Å²) in [5, 5.41) is 0. The predicted octanol–water partition coefficient (Wildman–Crippen LogP) is 0.448. The molecule has 1 aromatic carbocycles. The lowest BCUT2D eigenvalue weighted by Gasteiger charge is -2.56. The van der Waals surface area contributed by atoms with Gasteiger partial charge in [0.25, 0.3) is 5.56 Å². The van der Waals surface area contributed by atoms with Crippen LogP contribution in [-0.2, 0) is 14.2 Å². The van der Waals surface area contributed by atoms with Crippen molar-refractivity contribution < 1.29 is 19.0 Å². The van der Waals surface area contributed by atoms with E-state index in [0.29, 0.717) is 12.0 Å². The molecule has 0 radical (unpaired) electrons. The third-order valence-corrected chi connectivity index (χ3v) is 5.46. The van der Waals surface area contributed by atoms with Crippen LogP contribution in [0.25, 0.3) is 0 Å². The van der Waals surface area contributed by atoms with Crippen molar-refractivity contribution >= 4 is 5.97 Å². The molecule has 5 rings (SSSR count). The summed E-state index contributed by atoms with van der Waals surface area (Å²) >= 11 is 0. The third kappa shape index (κ3) is 2.12. The van der Waals surface area contributed by atoms with Crippen molar-refractivity contribution in [3.05, 3.63) is 69.0 Å². The van der Waals surface area contributed by atoms with E-state index < -0.39 is 29.0 Å². The summed E-state index contributed by atoms with van der Waals surface area (Å²) in [6, 6.07) is 10.0. The molecule has 3 fully saturated rings. The second-order valence-corrected chi connectivity index (χ2v) is 6.90. The minimum Gasteiger partial charge on any atom is -0.459 e. The lowest BCUT2D eigenvalue weighted by molar-refractivity contribution is -0.273. The Morgan fingerprint density at radius 1 is 1.27 bits per heavy atom. The van der Waals surface area contributed by atoms with E-state index in [4.69, 9.17) is 14.2 Å². The topological polar surface area (TPSA) is 99.6 Å². The molecule has 1 aromatic heterocycles. The highest BCUT2D eigenvalue weighted by Gasteiger charge is 2.74. The van der Waals surface area contributed by atoms with Crippen LogP contribution < -0.4 is 11.2 Å². The van der Waals surface area contributed by atoms with Gasteiger partial charge < -0.3 is 14.2 Å². The predicted molar refractivity (Wildman–Crippen MR) is 87.7 cm³/mol. The van der Waals surface area contributed by atoms with E-state index in [1.54, 1.807) is 24.3 Å². The highest BCUT2D eigenvalue weighted by atomic mass is 16.6. The minimum atomic E-state index is -0.641. The van der Waals surface area contributed by atoms with Crippen molar-refractivity contribution in [1.29, 1.82) is 0 Å². The molecule has 0 bridgehead atoms. The van der Waals surface area contributed by atoms with Gasteiger partial charge >= 0.3 is 11.7 Å². The van der Waals surface area contributed by atoms with Gasteiger partial charge in [0.05, 0.1) is 11.7 Å². The van der Waals surface area contributed by atoms with Gasteiger partial charge in [-0.25, -0.2) is 9.59 Å². The molecule has 3 heterocycles. The quantitative estimate of drug-likeness (QED) is 0.799. The summed E-state index contributed by atoms with van der Waals surface area (Å²) in [4.78, 5) is 37.8. The Bertz CT molecular complexity index is 983. The molecule has 134 valence electrons. The highest BCUT2D eigenvalue weighted by molar-refractivity contribution is 5.89. The van der Waals surface area contributed by atoms with Crippen molar-refractivity contribution in [2.75, 3.05) is 6.61 Å². The van der Waals surface area contributed by atoms with Crippen LogP contribution in [0.3, 0.4) is 0 Å². The van der Waals surface area contributed by atoms with Gasteiger partial charge in [-0.1, -0.05) is 18.2 Å². The van der Waals surface area contributed by atoms with Gasteiger partial charge in [-0.15, -0.1) is 0 Å². The summed E-state index contributed by atoms with van der Waals surface area (Å²) in [6.45, 7) is 0.107. The zero-order valence-electron chi connectivity index (χ0n) is 13.7. The van der Waals surface area contributed by atoms with Crippen LogP contribution in [0.5, 0.6) is 0 Å². The molecule has 1 saturated carbocycles. The van der Waals surface area contributed by atoms with Crippen LogP contribution >= 0.6 is 0 Å². The first-order chi connectivity index (χ1) is 12.6. The van der Waals surface area contributed by atoms with Gasteiger partial charge in [0.2, 0.25) is 0 Å². The third-order valence-electron chi connectivity index (χ3n) is 5.46. The lowest BCUT2D eigenvalue weighted by Crippen LogP contribution is -2.69. The average Bonchev–Trinajstić information content (AvgIpc) is 2.73. The van der Waals surface area contributed by atoms with Crippen LogP contribution in [0, 0.1) is 5.92 Å². The van der Waals surface area contributed by atoms with Crippen molar-refractivity contribution in [2.45, 2.75) is 30.5 Å². The zero-order valence-corrected chi connectivity index (χ0v) is 13.7. The molecule has 0 spiro atoms. The van der Waals surface area contributed by atoms with Crippen LogP contribution in [-0.4, -0.2) is 39.9 Å². The fourth-order valence-electron chi connectivity index (χ4n) is 4.18. The minimum absolute atomic E-state index is 0.0684. The number of aromatic nitrogens is 2. The first-order valence-corrected chi connectivity index (χ1v) is 8.44. The Morgan fingerprint density at radius 3 is 2.81 bits per heavy atom. The van der Waals surface area contributed by atoms with E-state index in [-0.39, 0.29) is 24.7 Å². The molecule has 5 atom stereocenters. The van der Waals surface area contributed by atoms with Gasteiger partial charge in [-0.05, 0) is 12.1 Å². The summed E-state index contributed by atoms with van der Waals surface area (Å²) in [5.74, 6) is -0.330. The molecule has 8 nitrogen and oxygen atoms in total. The molecule has 2 aliphatic heterocycles. The van der Waals surface area contributed by atoms with Crippen LogP contribution in [0.4, 0.5) is 0 Å². The Balaban J connectivity index is 1.35. The van der Waals surface area contributed by atoms with Gasteiger partial charge in [-0.3, -0.25) is 14.3 Å². The number of H-pyrrole nitrogens is 1. The van der Waals surface area contributed by atoms with Crippen molar-refractivity contribution in [1.82, 2.24) is 9.55 Å². The van der Waals surface area contributed by atoms with Gasteiger partial charge in [-0.2, -0.15) is 0 Å². The zero-order chi connectivity index (χ0) is 17.9. The van der Waals surface area contributed by atoms with E-state index in [1.165, 1.54) is 16.8 Å². The molecule has 2 aromatic rings. The molecular weight excluding hydrogens is 340 g/mol. The Labute approximate surface area is 147 Å². The maximum Gasteiger partial charge on any atom is 0.338 e. The molecule has 0 amide bonds. The number of benzene rings is 1. The number of aromatic amines is 1.